The second-order valence-corrected chi connectivity index (χ2v) is 6.33. The molecule has 0 amide bonds. The maximum Gasteiger partial charge on any atom is 0.251 e. The van der Waals surface area contributed by atoms with E-state index >= 15 is 0 Å². The summed E-state index contributed by atoms with van der Waals surface area (Å²) in [4.78, 5) is 19.9. The van der Waals surface area contributed by atoms with Crippen LogP contribution in [0.2, 0.25) is 0 Å². The van der Waals surface area contributed by atoms with Gasteiger partial charge in [0.25, 0.3) is 5.56 Å². The zero-order valence-corrected chi connectivity index (χ0v) is 12.1. The van der Waals surface area contributed by atoms with Crippen LogP contribution >= 0.6 is 0 Å². The van der Waals surface area contributed by atoms with Crippen molar-refractivity contribution in [3.05, 3.63) is 63.3 Å². The minimum absolute atomic E-state index is 0.00582. The summed E-state index contributed by atoms with van der Waals surface area (Å²) in [5.74, 6) is 1.62. The molecule has 1 heterocycles. The second-order valence-electron chi connectivity index (χ2n) is 6.33. The van der Waals surface area contributed by atoms with Crippen molar-refractivity contribution < 1.29 is 0 Å². The van der Waals surface area contributed by atoms with Gasteiger partial charge in [0, 0.05) is 17.9 Å². The monoisotopic (exact) mass is 280 g/mol. The van der Waals surface area contributed by atoms with Gasteiger partial charge in [-0.15, -0.1) is 0 Å². The quantitative estimate of drug-likeness (QED) is 0.915. The molecule has 0 aliphatic heterocycles. The van der Waals surface area contributed by atoms with Crippen LogP contribution in [-0.4, -0.2) is 9.97 Å². The summed E-state index contributed by atoms with van der Waals surface area (Å²) in [6, 6.07) is 10.2. The third kappa shape index (κ3) is 2.31. The molecule has 4 rings (SSSR count). The van der Waals surface area contributed by atoms with Gasteiger partial charge in [-0.1, -0.05) is 37.1 Å². The Morgan fingerprint density at radius 1 is 1.10 bits per heavy atom. The predicted octanol–water partition coefficient (Wildman–Crippen LogP) is 3.51. The van der Waals surface area contributed by atoms with Gasteiger partial charge in [-0.25, -0.2) is 4.98 Å². The van der Waals surface area contributed by atoms with Crippen molar-refractivity contribution in [2.24, 2.45) is 0 Å². The van der Waals surface area contributed by atoms with Crippen molar-refractivity contribution in [3.63, 3.8) is 0 Å². The number of aryl methyl sites for hydroxylation is 1. The van der Waals surface area contributed by atoms with Crippen molar-refractivity contribution in [1.29, 1.82) is 0 Å². The largest absolute Gasteiger partial charge is 0.310 e. The Bertz CT molecular complexity index is 713. The minimum atomic E-state index is 0.00582. The average Bonchev–Trinajstić information content (AvgIpc) is 3.16. The number of nitrogens with one attached hydrogen (secondary N) is 1. The molecule has 1 unspecified atom stereocenters. The number of hydrogen-bond acceptors (Lipinski definition) is 2. The summed E-state index contributed by atoms with van der Waals surface area (Å²) in [6.07, 6.45) is 7.02. The Hall–Kier alpha value is -1.90. The summed E-state index contributed by atoms with van der Waals surface area (Å²) in [5, 5.41) is 0. The third-order valence-electron chi connectivity index (χ3n) is 5.02. The molecule has 2 aliphatic carbocycles. The lowest BCUT2D eigenvalue weighted by molar-refractivity contribution is 0.657. The van der Waals surface area contributed by atoms with Crippen molar-refractivity contribution >= 4 is 0 Å². The summed E-state index contributed by atoms with van der Waals surface area (Å²) >= 11 is 0. The molecule has 3 heteroatoms. The molecule has 0 radical (unpaired) electrons. The average molecular weight is 280 g/mol. The summed E-state index contributed by atoms with van der Waals surface area (Å²) < 4.78 is 0. The Kier molecular flexibility index (Phi) is 3.13. The van der Waals surface area contributed by atoms with Gasteiger partial charge in [-0.3, -0.25) is 4.79 Å². The van der Waals surface area contributed by atoms with Crippen LogP contribution in [0.25, 0.3) is 0 Å². The lowest BCUT2D eigenvalue weighted by atomic mass is 9.99. The maximum atomic E-state index is 12.0. The van der Waals surface area contributed by atoms with Crippen molar-refractivity contribution in [2.75, 3.05) is 0 Å². The molecule has 108 valence electrons. The third-order valence-corrected chi connectivity index (χ3v) is 5.02. The van der Waals surface area contributed by atoms with Crippen LogP contribution in [0, 0.1) is 0 Å². The van der Waals surface area contributed by atoms with E-state index in [2.05, 4.69) is 29.2 Å². The number of fused-ring (bicyclic) bond motifs is 1. The molecule has 21 heavy (non-hydrogen) atoms. The standard InChI is InChI=1S/C18H20N2O/c21-17-11-16(13-6-1-2-7-13)19-18(20-17)15-10-9-12-5-3-4-8-14(12)15/h3-5,8,11,13,15H,1-2,6-7,9-10H2,(H,19,20,21). The highest BCUT2D eigenvalue weighted by Gasteiger charge is 2.27. The molecule has 1 saturated carbocycles. The molecule has 1 aromatic carbocycles. The molecule has 1 fully saturated rings. The summed E-state index contributed by atoms with van der Waals surface area (Å²) in [7, 11) is 0. The Morgan fingerprint density at radius 2 is 1.90 bits per heavy atom. The molecule has 1 N–H and O–H groups in total. The van der Waals surface area contributed by atoms with E-state index < -0.39 is 0 Å². The molecule has 1 aromatic heterocycles. The molecular weight excluding hydrogens is 260 g/mol. The van der Waals surface area contributed by atoms with Gasteiger partial charge in [-0.2, -0.15) is 0 Å². The summed E-state index contributed by atoms with van der Waals surface area (Å²) in [5.41, 5.74) is 3.75. The fourth-order valence-electron chi connectivity index (χ4n) is 3.93. The number of hydrogen-bond donors (Lipinski definition) is 1. The second kappa shape index (κ2) is 5.14. The van der Waals surface area contributed by atoms with Crippen molar-refractivity contribution in [3.8, 4) is 0 Å². The lowest BCUT2D eigenvalue weighted by Crippen LogP contribution is -2.16. The highest BCUT2D eigenvalue weighted by atomic mass is 16.1. The number of aromatic amines is 1. The van der Waals surface area contributed by atoms with E-state index in [0.29, 0.717) is 5.92 Å². The fraction of sp³-hybridized carbons (Fsp3) is 0.444. The maximum absolute atomic E-state index is 12.0. The molecule has 0 spiro atoms. The van der Waals surface area contributed by atoms with Gasteiger partial charge >= 0.3 is 0 Å². The minimum Gasteiger partial charge on any atom is -0.310 e. The predicted molar refractivity (Wildman–Crippen MR) is 82.7 cm³/mol. The van der Waals surface area contributed by atoms with Gasteiger partial charge < -0.3 is 4.98 Å². The van der Waals surface area contributed by atoms with Gasteiger partial charge in [0.1, 0.15) is 5.82 Å². The van der Waals surface area contributed by atoms with E-state index in [9.17, 15) is 4.79 Å². The highest BCUT2D eigenvalue weighted by Crippen LogP contribution is 2.37. The van der Waals surface area contributed by atoms with Crippen LogP contribution in [0.5, 0.6) is 0 Å². The first-order chi connectivity index (χ1) is 10.3. The Morgan fingerprint density at radius 3 is 2.76 bits per heavy atom. The normalized spacial score (nSPS) is 21.6. The van der Waals surface area contributed by atoms with E-state index in [-0.39, 0.29) is 11.5 Å². The van der Waals surface area contributed by atoms with Crippen LogP contribution in [0.3, 0.4) is 0 Å². The first-order valence-corrected chi connectivity index (χ1v) is 8.00. The SMILES string of the molecule is O=c1cc(C2CCCC2)nc(C2CCc3ccccc32)[nH]1. The molecule has 2 aliphatic rings. The number of benzene rings is 1. The zero-order valence-electron chi connectivity index (χ0n) is 12.1. The molecule has 1 atom stereocenters. The van der Waals surface area contributed by atoms with Crippen LogP contribution < -0.4 is 5.56 Å². The van der Waals surface area contributed by atoms with Crippen LogP contribution in [0.4, 0.5) is 0 Å². The van der Waals surface area contributed by atoms with Gasteiger partial charge in [-0.05, 0) is 36.8 Å². The van der Waals surface area contributed by atoms with E-state index in [1.54, 1.807) is 6.07 Å². The number of aromatic nitrogens is 2. The van der Waals surface area contributed by atoms with Crippen molar-refractivity contribution in [2.45, 2.75) is 50.4 Å². The van der Waals surface area contributed by atoms with E-state index in [0.717, 1.165) is 24.4 Å². The molecule has 3 nitrogen and oxygen atoms in total. The smallest absolute Gasteiger partial charge is 0.251 e. The first kappa shape index (κ1) is 12.8. The van der Waals surface area contributed by atoms with E-state index in [1.165, 1.54) is 36.8 Å². The van der Waals surface area contributed by atoms with E-state index in [1.807, 2.05) is 0 Å². The zero-order chi connectivity index (χ0) is 14.2. The first-order valence-electron chi connectivity index (χ1n) is 8.00. The highest BCUT2D eigenvalue weighted by molar-refractivity contribution is 5.38. The fourth-order valence-corrected chi connectivity index (χ4v) is 3.93. The topological polar surface area (TPSA) is 45.8 Å². The van der Waals surface area contributed by atoms with Gasteiger partial charge in [0.2, 0.25) is 0 Å². The van der Waals surface area contributed by atoms with Crippen LogP contribution in [0.1, 0.15) is 66.6 Å². The number of rotatable bonds is 2. The molecule has 0 saturated heterocycles. The number of nitrogens with zero attached hydrogens (tertiary/aromatic N) is 1. The van der Waals surface area contributed by atoms with Gasteiger partial charge in [0.05, 0.1) is 5.69 Å². The number of H-pyrrole nitrogens is 1. The molecule has 2 aromatic rings. The Balaban J connectivity index is 1.74. The van der Waals surface area contributed by atoms with E-state index in [4.69, 9.17) is 4.98 Å². The summed E-state index contributed by atoms with van der Waals surface area (Å²) in [6.45, 7) is 0. The van der Waals surface area contributed by atoms with Crippen LogP contribution in [-0.2, 0) is 6.42 Å². The Labute approximate surface area is 124 Å². The lowest BCUT2D eigenvalue weighted by Gasteiger charge is -2.14. The van der Waals surface area contributed by atoms with Crippen molar-refractivity contribution in [1.82, 2.24) is 9.97 Å². The molecular formula is C18H20N2O. The van der Waals surface area contributed by atoms with Crippen LogP contribution in [0.15, 0.2) is 35.1 Å². The molecule has 0 bridgehead atoms. The van der Waals surface area contributed by atoms with Gasteiger partial charge in [0.15, 0.2) is 0 Å².